The van der Waals surface area contributed by atoms with Crippen molar-refractivity contribution in [3.8, 4) is 0 Å². The van der Waals surface area contributed by atoms with Crippen LogP contribution in [0.2, 0.25) is 0 Å². The summed E-state index contributed by atoms with van der Waals surface area (Å²) in [6.07, 6.45) is 0. The maximum Gasteiger partial charge on any atom is 0.140 e. The molecule has 0 spiro atoms. The highest BCUT2D eigenvalue weighted by molar-refractivity contribution is 6.09. The van der Waals surface area contributed by atoms with Crippen molar-refractivity contribution in [3.63, 3.8) is 0 Å². The van der Waals surface area contributed by atoms with E-state index in [1.807, 2.05) is 0 Å². The second kappa shape index (κ2) is 4.49. The van der Waals surface area contributed by atoms with Gasteiger partial charge in [-0.3, -0.25) is 0 Å². The van der Waals surface area contributed by atoms with E-state index >= 15 is 0 Å². The van der Waals surface area contributed by atoms with E-state index in [0.29, 0.717) is 0 Å². The van der Waals surface area contributed by atoms with Crippen LogP contribution in [0.25, 0.3) is 21.8 Å². The van der Waals surface area contributed by atoms with E-state index in [2.05, 4.69) is 47.1 Å². The third-order valence-corrected chi connectivity index (χ3v) is 3.92. The van der Waals surface area contributed by atoms with Crippen molar-refractivity contribution in [1.82, 2.24) is 9.97 Å². The van der Waals surface area contributed by atoms with E-state index in [1.54, 1.807) is 0 Å². The van der Waals surface area contributed by atoms with Crippen molar-refractivity contribution in [2.75, 3.05) is 31.2 Å². The van der Waals surface area contributed by atoms with Crippen LogP contribution in [0.5, 0.6) is 0 Å². The normalized spacial score (nSPS) is 16.1. The molecule has 4 nitrogen and oxygen atoms in total. The summed E-state index contributed by atoms with van der Waals surface area (Å²) < 4.78 is 5.45. The Bertz CT molecular complexity index is 772. The van der Waals surface area contributed by atoms with E-state index in [-0.39, 0.29) is 0 Å². The number of pyridine rings is 1. The van der Waals surface area contributed by atoms with Crippen molar-refractivity contribution in [2.24, 2.45) is 0 Å². The van der Waals surface area contributed by atoms with E-state index in [9.17, 15) is 0 Å². The number of rotatable bonds is 1. The van der Waals surface area contributed by atoms with Gasteiger partial charge in [-0.1, -0.05) is 24.3 Å². The number of aryl methyl sites for hydroxylation is 1. The molecular weight excluding hydrogens is 250 g/mol. The van der Waals surface area contributed by atoms with Gasteiger partial charge in [0.2, 0.25) is 0 Å². The molecule has 0 atom stereocenters. The molecule has 1 aromatic carbocycles. The number of anilines is 1. The van der Waals surface area contributed by atoms with Gasteiger partial charge in [-0.2, -0.15) is 0 Å². The molecule has 1 aliphatic heterocycles. The second-order valence-electron chi connectivity index (χ2n) is 5.30. The fraction of sp³-hybridized carbons (Fsp3) is 0.312. The number of nitrogens with zero attached hydrogens (tertiary/aromatic N) is 2. The summed E-state index contributed by atoms with van der Waals surface area (Å²) >= 11 is 0. The first kappa shape index (κ1) is 11.7. The summed E-state index contributed by atoms with van der Waals surface area (Å²) in [4.78, 5) is 10.5. The predicted octanol–water partition coefficient (Wildman–Crippen LogP) is 2.86. The lowest BCUT2D eigenvalue weighted by atomic mass is 10.1. The van der Waals surface area contributed by atoms with Gasteiger partial charge in [0.25, 0.3) is 0 Å². The van der Waals surface area contributed by atoms with Gasteiger partial charge in [0.05, 0.1) is 13.2 Å². The Balaban J connectivity index is 2.01. The molecular formula is C16H17N3O. The zero-order chi connectivity index (χ0) is 13.5. The quantitative estimate of drug-likeness (QED) is 0.737. The second-order valence-corrected chi connectivity index (χ2v) is 5.30. The number of hydrogen-bond donors (Lipinski definition) is 1. The Labute approximate surface area is 117 Å². The Morgan fingerprint density at radius 2 is 1.85 bits per heavy atom. The molecule has 0 aliphatic carbocycles. The number of aromatic amines is 1. The lowest BCUT2D eigenvalue weighted by molar-refractivity contribution is 0.122. The fourth-order valence-electron chi connectivity index (χ4n) is 2.96. The van der Waals surface area contributed by atoms with Crippen molar-refractivity contribution in [1.29, 1.82) is 0 Å². The van der Waals surface area contributed by atoms with Gasteiger partial charge >= 0.3 is 0 Å². The molecule has 102 valence electrons. The zero-order valence-corrected chi connectivity index (χ0v) is 11.5. The van der Waals surface area contributed by atoms with Crippen LogP contribution in [0.3, 0.4) is 0 Å². The van der Waals surface area contributed by atoms with Crippen LogP contribution in [0, 0.1) is 6.92 Å². The predicted molar refractivity (Wildman–Crippen MR) is 81.4 cm³/mol. The number of morpholine rings is 1. The standard InChI is InChI=1S/C16H17N3O/c1-11-10-14-12-4-2-3-5-13(12)16(18-15(14)17-11)19-6-8-20-9-7-19/h2-5,10H,6-9H2,1H3,(H,17,18). The van der Waals surface area contributed by atoms with E-state index in [0.717, 1.165) is 43.5 Å². The average Bonchev–Trinajstić information content (AvgIpc) is 2.88. The summed E-state index contributed by atoms with van der Waals surface area (Å²) in [5.41, 5.74) is 2.12. The fourth-order valence-corrected chi connectivity index (χ4v) is 2.96. The van der Waals surface area contributed by atoms with Crippen LogP contribution in [0.1, 0.15) is 5.69 Å². The maximum atomic E-state index is 5.45. The van der Waals surface area contributed by atoms with Crippen LogP contribution in [-0.2, 0) is 4.74 Å². The Hall–Kier alpha value is -2.07. The zero-order valence-electron chi connectivity index (χ0n) is 11.5. The summed E-state index contributed by atoms with van der Waals surface area (Å²) in [6.45, 7) is 5.44. The molecule has 0 amide bonds. The highest BCUT2D eigenvalue weighted by Crippen LogP contribution is 2.31. The molecule has 4 heteroatoms. The van der Waals surface area contributed by atoms with E-state index in [4.69, 9.17) is 9.72 Å². The van der Waals surface area contributed by atoms with Gasteiger partial charge in [-0.05, 0) is 18.4 Å². The third kappa shape index (κ3) is 1.76. The Kier molecular flexibility index (Phi) is 2.63. The van der Waals surface area contributed by atoms with Gasteiger partial charge in [0.1, 0.15) is 11.5 Å². The topological polar surface area (TPSA) is 41.2 Å². The number of hydrogen-bond acceptors (Lipinski definition) is 3. The smallest absolute Gasteiger partial charge is 0.140 e. The van der Waals surface area contributed by atoms with Gasteiger partial charge in [-0.25, -0.2) is 4.98 Å². The highest BCUT2D eigenvalue weighted by atomic mass is 16.5. The first-order valence-electron chi connectivity index (χ1n) is 7.04. The molecule has 0 bridgehead atoms. The minimum atomic E-state index is 0.776. The molecule has 0 unspecified atom stereocenters. The van der Waals surface area contributed by atoms with Gasteiger partial charge in [0, 0.05) is 29.6 Å². The number of benzene rings is 1. The monoisotopic (exact) mass is 267 g/mol. The number of ether oxygens (including phenoxy) is 1. The van der Waals surface area contributed by atoms with Crippen LogP contribution >= 0.6 is 0 Å². The number of H-pyrrole nitrogens is 1. The number of aromatic nitrogens is 2. The molecule has 0 saturated carbocycles. The highest BCUT2D eigenvalue weighted by Gasteiger charge is 2.17. The summed E-state index contributed by atoms with van der Waals surface area (Å²) in [5.74, 6) is 1.07. The summed E-state index contributed by atoms with van der Waals surface area (Å²) in [6, 6.07) is 10.7. The molecule has 0 radical (unpaired) electrons. The molecule has 1 aliphatic rings. The van der Waals surface area contributed by atoms with Crippen molar-refractivity contribution in [2.45, 2.75) is 6.92 Å². The van der Waals surface area contributed by atoms with Crippen LogP contribution in [0.4, 0.5) is 5.82 Å². The Morgan fingerprint density at radius 1 is 1.10 bits per heavy atom. The average molecular weight is 267 g/mol. The third-order valence-electron chi connectivity index (χ3n) is 3.92. The number of nitrogens with one attached hydrogen (secondary N) is 1. The van der Waals surface area contributed by atoms with Crippen LogP contribution in [-0.4, -0.2) is 36.3 Å². The summed E-state index contributed by atoms with van der Waals surface area (Å²) in [5, 5.41) is 3.69. The van der Waals surface area contributed by atoms with Crippen molar-refractivity contribution < 1.29 is 4.74 Å². The molecule has 1 N–H and O–H groups in total. The molecule has 1 saturated heterocycles. The van der Waals surface area contributed by atoms with Crippen LogP contribution in [0.15, 0.2) is 30.3 Å². The SMILES string of the molecule is Cc1cc2c(nc(N3CCOCC3)c3ccccc32)[nH]1. The van der Waals surface area contributed by atoms with Gasteiger partial charge in [0.15, 0.2) is 0 Å². The maximum absolute atomic E-state index is 5.45. The van der Waals surface area contributed by atoms with E-state index in [1.165, 1.54) is 16.2 Å². The van der Waals surface area contributed by atoms with Crippen molar-refractivity contribution >= 4 is 27.6 Å². The first-order chi connectivity index (χ1) is 9.83. The first-order valence-corrected chi connectivity index (χ1v) is 7.04. The van der Waals surface area contributed by atoms with E-state index < -0.39 is 0 Å². The molecule has 3 aromatic rings. The molecule has 1 fully saturated rings. The molecule has 2 aromatic heterocycles. The van der Waals surface area contributed by atoms with Crippen LogP contribution < -0.4 is 4.90 Å². The largest absolute Gasteiger partial charge is 0.378 e. The lowest BCUT2D eigenvalue weighted by Crippen LogP contribution is -2.36. The minimum absolute atomic E-state index is 0.776. The van der Waals surface area contributed by atoms with Gasteiger partial charge in [-0.15, -0.1) is 0 Å². The molecule has 4 rings (SSSR count). The summed E-state index contributed by atoms with van der Waals surface area (Å²) in [7, 11) is 0. The van der Waals surface area contributed by atoms with Crippen molar-refractivity contribution in [3.05, 3.63) is 36.0 Å². The number of fused-ring (bicyclic) bond motifs is 3. The lowest BCUT2D eigenvalue weighted by Gasteiger charge is -2.28. The molecule has 3 heterocycles. The Morgan fingerprint density at radius 3 is 2.65 bits per heavy atom. The van der Waals surface area contributed by atoms with Gasteiger partial charge < -0.3 is 14.6 Å². The molecule has 20 heavy (non-hydrogen) atoms. The minimum Gasteiger partial charge on any atom is -0.378 e.